The average molecular weight is 2100 g/mol. The quantitative estimate of drug-likeness (QED) is 0.0139. The smallest absolute Gasteiger partial charge is 0.407 e. The number of nitrogens with one attached hydrogen (secondary N) is 12. The summed E-state index contributed by atoms with van der Waals surface area (Å²) in [5.74, 6) is -28.9. The predicted octanol–water partition coefficient (Wildman–Crippen LogP) is 0.524. The Morgan fingerprint density at radius 2 is 0.986 bits per heavy atom. The molecule has 2 aliphatic rings. The summed E-state index contributed by atoms with van der Waals surface area (Å²) in [6, 6.07) is -3.17. The molecule has 1 saturated heterocycles. The van der Waals surface area contributed by atoms with E-state index < -0.39 is 330 Å². The predicted molar refractivity (Wildman–Crippen MR) is 526 cm³/mol. The lowest BCUT2D eigenvalue weighted by atomic mass is 9.89. The second-order valence-electron chi connectivity index (χ2n) is 36.1. The molecule has 21 N–H and O–H groups in total. The number of nitrogens with two attached hydrogens (primary N) is 2. The van der Waals surface area contributed by atoms with Gasteiger partial charge in [-0.2, -0.15) is 11.8 Å². The number of carboxylic acids is 5. The van der Waals surface area contributed by atoms with Gasteiger partial charge in [0.05, 0.1) is 61.7 Å². The number of alkyl carbamates (subject to hydrolysis) is 1. The number of guanidine groups is 2. The minimum atomic E-state index is -1.90. The molecule has 0 unspecified atom stereocenters. The van der Waals surface area contributed by atoms with Crippen molar-refractivity contribution in [3.8, 4) is 0 Å². The molecule has 816 valence electrons. The van der Waals surface area contributed by atoms with Crippen LogP contribution in [-0.2, 0) is 136 Å². The highest BCUT2D eigenvalue weighted by atomic mass is 32.2. The average Bonchev–Trinajstić information content (AvgIpc) is 1.71. The van der Waals surface area contributed by atoms with Crippen LogP contribution in [0.3, 0.4) is 0 Å². The van der Waals surface area contributed by atoms with Crippen molar-refractivity contribution in [3.05, 3.63) is 47.5 Å². The van der Waals surface area contributed by atoms with Gasteiger partial charge in [-0.05, 0) is 120 Å². The van der Waals surface area contributed by atoms with Crippen molar-refractivity contribution in [2.24, 2.45) is 52.1 Å². The number of methoxy groups -OCH3 is 1. The summed E-state index contributed by atoms with van der Waals surface area (Å²) < 4.78 is 15.6. The van der Waals surface area contributed by atoms with Crippen LogP contribution in [0.1, 0.15) is 226 Å². The number of hydrogen-bond donors (Lipinski definition) is 19. The Labute approximate surface area is 854 Å². The van der Waals surface area contributed by atoms with E-state index in [0.717, 1.165) is 17.1 Å². The molecule has 3 rings (SSSR count). The fraction of sp³-hybridized carbons (Fsp3) is 0.635. The first-order valence-electron chi connectivity index (χ1n) is 48.7. The van der Waals surface area contributed by atoms with E-state index in [0.29, 0.717) is 36.1 Å². The molecule has 147 heavy (non-hydrogen) atoms. The van der Waals surface area contributed by atoms with Crippen molar-refractivity contribution in [1.82, 2.24) is 63.0 Å². The molecule has 0 radical (unpaired) electrons. The lowest BCUT2D eigenvalue weighted by Crippen LogP contribution is -2.52. The van der Waals surface area contributed by atoms with Crippen LogP contribution in [0.2, 0.25) is 0 Å². The highest BCUT2D eigenvalue weighted by Crippen LogP contribution is 2.26. The number of likely N-dealkylation sites (tertiary alicyclic amines) is 1. The van der Waals surface area contributed by atoms with Crippen LogP contribution in [0, 0.1) is 46.3 Å². The number of ketones is 8. The standard InChI is InChI=1S/C96H143N17O33S/c1-8-73(116)66(14-10-37-102-95(99)100)106-89(137)60(13-9-36-101-94(97)98)49-65(115)52-104-88(136)56(4)46-76(119)71(54-147-7)105-79(122)27-26-75(118)69(45-55(2)3)110-93(141)72-15-11-39-112(72)82(125)53-144-41-12-16-74(117)70(47-58-17-19-59(20-18-58)57(5)111-146-42-38-103-96(142)145-44-43-143-6)109-92(140)63(23-32-85(130)131)51-78(121)68(25-34-87(134)135)108-91(139)62(22-31-84(128)129)50-77(120)67(24-33-86(132)133)107-90(138)61(21-30-83(126)127)48-64(114)35-40-113-80(123)28-29-81(113)124/h17-20,28-29,55-56,60-63,66-72H,8-16,21-27,30-54H2,1-7H3,(H,103,142)(H,104,136)(H,105,122)(H,106,137)(H,107,138)(H,108,139)(H,109,140)(H,110,141)(H,126,127)(H,128,129)(H,130,131)(H,132,133)(H,134,135)(H4,97,98,101)(H4,99,100,102)/b111-57+/t56-,60+,61+,62+,63+,66-,67-,68-,69+,70+,71+,72+/m1/s1. The zero-order valence-electron chi connectivity index (χ0n) is 84.0. The second-order valence-corrected chi connectivity index (χ2v) is 37.0. The first-order chi connectivity index (χ1) is 69.6. The lowest BCUT2D eigenvalue weighted by molar-refractivity contribution is -0.142. The summed E-state index contributed by atoms with van der Waals surface area (Å²) in [6.45, 7) is 7.06. The van der Waals surface area contributed by atoms with E-state index in [1.807, 2.05) is 0 Å². The number of carboxylic acid groups (broad SMARTS) is 5. The third-order valence-electron chi connectivity index (χ3n) is 23.7. The Morgan fingerprint density at radius 3 is 1.50 bits per heavy atom. The van der Waals surface area contributed by atoms with Crippen LogP contribution in [0.25, 0.3) is 0 Å². The van der Waals surface area contributed by atoms with Crippen molar-refractivity contribution in [1.29, 1.82) is 10.8 Å². The van der Waals surface area contributed by atoms with Crippen LogP contribution in [0.4, 0.5) is 4.79 Å². The number of aliphatic carboxylic acids is 5. The first kappa shape index (κ1) is 127. The molecule has 0 bridgehead atoms. The number of carbonyl (C=O) groups is 24. The molecule has 12 atom stereocenters. The first-order valence-corrected chi connectivity index (χ1v) is 50.0. The molecule has 51 heteroatoms. The highest BCUT2D eigenvalue weighted by Gasteiger charge is 2.40. The third kappa shape index (κ3) is 52.1. The maximum Gasteiger partial charge on any atom is 0.407 e. The van der Waals surface area contributed by atoms with Crippen molar-refractivity contribution >= 4 is 171 Å². The maximum absolute atomic E-state index is 14.8. The van der Waals surface area contributed by atoms with Gasteiger partial charge in [-0.3, -0.25) is 126 Å². The molecular formula is C96H143N17O33S. The molecule has 0 saturated carbocycles. The summed E-state index contributed by atoms with van der Waals surface area (Å²) >= 11 is 1.21. The van der Waals surface area contributed by atoms with E-state index in [2.05, 4.69) is 58.3 Å². The Hall–Kier alpha value is -13.9. The zero-order valence-corrected chi connectivity index (χ0v) is 84.8. The number of thioether (sulfide) groups is 1. The third-order valence-corrected chi connectivity index (χ3v) is 24.4. The van der Waals surface area contributed by atoms with Crippen molar-refractivity contribution in [2.75, 3.05) is 91.4 Å². The molecular weight excluding hydrogens is 1950 g/mol. The van der Waals surface area contributed by atoms with Crippen molar-refractivity contribution < 1.29 is 160 Å². The van der Waals surface area contributed by atoms with Gasteiger partial charge in [0, 0.05) is 184 Å². The van der Waals surface area contributed by atoms with Gasteiger partial charge >= 0.3 is 35.9 Å². The highest BCUT2D eigenvalue weighted by molar-refractivity contribution is 7.98. The number of benzene rings is 1. The number of hydrogen-bond acceptors (Lipinski definition) is 32. The molecule has 2 aliphatic heterocycles. The van der Waals surface area contributed by atoms with Gasteiger partial charge in [0.15, 0.2) is 52.4 Å². The summed E-state index contributed by atoms with van der Waals surface area (Å²) in [6.07, 6.45) is -8.23. The SMILES string of the molecule is CCC(=O)[C@@H](CCCNC(=N)N)NC(=O)[C@@H](CCCNC(=N)N)CC(=O)CNC(=O)[C@H](C)CC(=O)[C@H](CSC)NC(=O)CCC(=O)[C@H](CC(C)C)NC(=O)[C@@H]1CCCN1C(=O)COCCCC(=O)[C@H](Cc1ccc(/C(C)=N/OCCNC(=O)OCCOC)cc1)NC(=O)[C@@H](CCC(=O)O)CC(=O)[C@@H](CCC(=O)O)NC(=O)[C@@H](CCC(=O)O)CC(=O)[C@@H](CCC(=O)O)NC(=O)[C@@H](CCC(=O)O)CC(=O)CCN1C(=O)C=CC1=O. The molecule has 0 aliphatic carbocycles. The Bertz CT molecular complexity index is 4800. The number of amides is 11. The Morgan fingerprint density at radius 1 is 0.497 bits per heavy atom. The van der Waals surface area contributed by atoms with Gasteiger partial charge in [0.2, 0.25) is 47.3 Å². The van der Waals surface area contributed by atoms with E-state index in [9.17, 15) is 141 Å². The number of carbonyl (C=O) groups excluding carboxylic acids is 19. The molecule has 1 fully saturated rings. The molecule has 0 spiro atoms. The summed E-state index contributed by atoms with van der Waals surface area (Å²) in [5, 5.41) is 93.4. The monoisotopic (exact) mass is 2090 g/mol. The van der Waals surface area contributed by atoms with Gasteiger partial charge in [-0.15, -0.1) is 0 Å². The van der Waals surface area contributed by atoms with E-state index in [4.69, 9.17) is 41.3 Å². The number of ether oxygens (including phenoxy) is 3. The molecule has 11 amide bonds. The minimum absolute atomic E-state index is 0.00363. The van der Waals surface area contributed by atoms with Crippen LogP contribution in [-0.4, -0.2) is 328 Å². The van der Waals surface area contributed by atoms with Crippen LogP contribution in [0.5, 0.6) is 0 Å². The largest absolute Gasteiger partial charge is 0.481 e. The summed E-state index contributed by atoms with van der Waals surface area (Å²) in [7, 11) is 1.43. The van der Waals surface area contributed by atoms with Crippen LogP contribution in [0.15, 0.2) is 41.6 Å². The van der Waals surface area contributed by atoms with Gasteiger partial charge in [0.25, 0.3) is 11.8 Å². The van der Waals surface area contributed by atoms with Crippen LogP contribution < -0.4 is 64.6 Å². The fourth-order valence-corrected chi connectivity index (χ4v) is 16.3. The number of oxime groups is 1. The number of imide groups is 1. The lowest BCUT2D eigenvalue weighted by Gasteiger charge is -2.27. The summed E-state index contributed by atoms with van der Waals surface area (Å²) in [4.78, 5) is 327. The fourth-order valence-electron chi connectivity index (χ4n) is 15.7. The summed E-state index contributed by atoms with van der Waals surface area (Å²) in [5.41, 5.74) is 12.0. The van der Waals surface area contributed by atoms with E-state index in [1.165, 1.54) is 30.7 Å². The second kappa shape index (κ2) is 69.2. The van der Waals surface area contributed by atoms with E-state index in [1.54, 1.807) is 58.2 Å². The van der Waals surface area contributed by atoms with E-state index >= 15 is 0 Å². The maximum atomic E-state index is 14.8. The number of Topliss-reactive ketones (excluding diaryl/α,β-unsaturated/α-hetero) is 8. The van der Waals surface area contributed by atoms with E-state index in [-0.39, 0.29) is 146 Å². The van der Waals surface area contributed by atoms with Gasteiger partial charge < -0.3 is 114 Å². The zero-order chi connectivity index (χ0) is 110. The normalized spacial score (nSPS) is 15.0. The minimum Gasteiger partial charge on any atom is -0.481 e. The van der Waals surface area contributed by atoms with Gasteiger partial charge in [-0.25, -0.2) is 4.79 Å². The number of rotatable bonds is 80. The molecule has 0 aromatic heterocycles. The Kier molecular flexibility index (Phi) is 60.0. The van der Waals surface area contributed by atoms with Crippen molar-refractivity contribution in [3.63, 3.8) is 0 Å². The van der Waals surface area contributed by atoms with Gasteiger partial charge in [0.1, 0.15) is 31.6 Å². The number of nitrogens with zero attached hydrogens (tertiary/aromatic N) is 3. The Balaban J connectivity index is 1.84. The molecule has 1 aromatic rings. The molecule has 1 aromatic carbocycles. The van der Waals surface area contributed by atoms with Crippen molar-refractivity contribution in [2.45, 2.75) is 263 Å². The van der Waals surface area contributed by atoms with Crippen LogP contribution >= 0.6 is 11.8 Å². The topological polar surface area (TPSA) is 787 Å². The molecule has 2 heterocycles. The van der Waals surface area contributed by atoms with Gasteiger partial charge in [-0.1, -0.05) is 57.1 Å². The molecule has 50 nitrogen and oxygen atoms in total.